The Labute approximate surface area is 382 Å². The number of carboxylic acids is 1. The molecule has 1 heterocycles. The largest absolute Gasteiger partial charge is 0.481 e. The number of oxazole rings is 1. The van der Waals surface area contributed by atoms with E-state index in [0.717, 1.165) is 24.8 Å². The monoisotopic (exact) mass is 936 g/mol. The van der Waals surface area contributed by atoms with Crippen LogP contribution in [0.5, 0.6) is 0 Å². The molecule has 1 rings (SSSR count). The van der Waals surface area contributed by atoms with E-state index in [4.69, 9.17) is 17.7 Å². The van der Waals surface area contributed by atoms with Gasteiger partial charge < -0.3 is 22.8 Å². The fourth-order valence-corrected chi connectivity index (χ4v) is 11.2. The summed E-state index contributed by atoms with van der Waals surface area (Å²) in [6.45, 7) is 48.7. The zero-order valence-electron chi connectivity index (χ0n) is 43.6. The van der Waals surface area contributed by atoms with Crippen LogP contribution in [0.25, 0.3) is 6.08 Å². The second kappa shape index (κ2) is 22.0. The first-order valence-corrected chi connectivity index (χ1v) is 35.1. The Morgan fingerprint density at radius 2 is 1.35 bits per heavy atom. The number of nitrogens with zero attached hydrogens (tertiary/aromatic N) is 1. The van der Waals surface area contributed by atoms with Crippen LogP contribution in [0.4, 0.5) is 4.39 Å². The van der Waals surface area contributed by atoms with Crippen LogP contribution in [-0.2, 0) is 22.9 Å². The highest BCUT2D eigenvalue weighted by atomic mass is 28.4. The van der Waals surface area contributed by atoms with Crippen molar-refractivity contribution in [3.05, 3.63) is 35.3 Å². The molecule has 0 aliphatic carbocycles. The molecule has 5 unspecified atom stereocenters. The van der Waals surface area contributed by atoms with Crippen molar-refractivity contribution < 1.29 is 36.8 Å². The zero-order valence-corrected chi connectivity index (χ0v) is 47.6. The van der Waals surface area contributed by atoms with E-state index in [0.29, 0.717) is 24.4 Å². The minimum atomic E-state index is -2.48. The van der Waals surface area contributed by atoms with Crippen molar-refractivity contribution in [1.29, 1.82) is 0 Å². The van der Waals surface area contributed by atoms with Crippen LogP contribution in [0, 0.1) is 35.6 Å². The van der Waals surface area contributed by atoms with Crippen LogP contribution >= 0.6 is 0 Å². The number of aromatic nitrogens is 1. The fourth-order valence-electron chi connectivity index (χ4n) is 6.38. The lowest BCUT2D eigenvalue weighted by Gasteiger charge is -2.46. The van der Waals surface area contributed by atoms with E-state index in [1.54, 1.807) is 6.92 Å². The van der Waals surface area contributed by atoms with Crippen molar-refractivity contribution >= 4 is 50.9 Å². The number of ketones is 1. The van der Waals surface area contributed by atoms with Gasteiger partial charge >= 0.3 is 5.97 Å². The molecule has 0 aromatic carbocycles. The SMILES string of the molecule is CC(=CCC(O[Si](C)(C)C(C)(C)C)C(F)=Cc1coc(C)n1)CCCC(C)C(O[Si](C)(C)C(C)(C)C)C(CC#C[Si](C)(C)C)C(=O)C(C)(C)C(CC(=O)O)O[Si](C)(C)C(C)(C)C. The van der Waals surface area contributed by atoms with Crippen molar-refractivity contribution in [2.45, 2.75) is 228 Å². The quantitative estimate of drug-likeness (QED) is 0.0696. The standard InChI is InChI=1S/C49H90FNO7Si4/c1-35(29-30-41(56-60(18,19)46(4,5)6)40(50)32-38-34-55-37(3)51-38)26-24-27-36(2)44(58-62(22,23)48(10,11)12)39(28-25-31-59(15,16)17)45(54)49(13,14)42(33-43(52)53)57-61(20,21)47(7,8)9/h29,32,34,36,39,41-42,44H,24,26-28,30,33H2,1-23H3,(H,52,53). The molecule has 0 fully saturated rings. The number of carbonyl (C=O) groups excluding carboxylic acids is 1. The average molecular weight is 937 g/mol. The number of allylic oxidation sites excluding steroid dienone is 1. The van der Waals surface area contributed by atoms with E-state index in [1.807, 2.05) is 13.8 Å². The van der Waals surface area contributed by atoms with Gasteiger partial charge in [-0.25, -0.2) is 9.37 Å². The van der Waals surface area contributed by atoms with E-state index < -0.39 is 68.6 Å². The Kier molecular flexibility index (Phi) is 20.6. The van der Waals surface area contributed by atoms with Gasteiger partial charge in [0.2, 0.25) is 0 Å². The lowest BCUT2D eigenvalue weighted by molar-refractivity contribution is -0.146. The van der Waals surface area contributed by atoms with Crippen LogP contribution in [0.2, 0.25) is 74.0 Å². The van der Waals surface area contributed by atoms with E-state index in [-0.39, 0.29) is 39.1 Å². The third-order valence-corrected chi connectivity index (χ3v) is 28.1. The first kappa shape index (κ1) is 58.1. The Morgan fingerprint density at radius 1 is 0.855 bits per heavy atom. The number of aryl methyl sites for hydroxylation is 1. The Hall–Kier alpha value is -1.93. The molecule has 356 valence electrons. The summed E-state index contributed by atoms with van der Waals surface area (Å²) in [5.41, 5.74) is 3.95. The molecule has 1 aromatic heterocycles. The number of carbonyl (C=O) groups is 2. The van der Waals surface area contributed by atoms with E-state index in [1.165, 1.54) is 12.3 Å². The first-order chi connectivity index (χ1) is 27.6. The molecule has 0 spiro atoms. The van der Waals surface area contributed by atoms with E-state index >= 15 is 9.18 Å². The second-order valence-electron chi connectivity index (χ2n) is 24.1. The molecule has 0 saturated heterocycles. The fraction of sp³-hybridized carbons (Fsp3) is 0.776. The molecular formula is C49H90FNO7Si4. The van der Waals surface area contributed by atoms with Gasteiger partial charge in [0.15, 0.2) is 30.8 Å². The van der Waals surface area contributed by atoms with Gasteiger partial charge in [-0.3, -0.25) is 9.59 Å². The zero-order chi connectivity index (χ0) is 48.7. The number of rotatable bonds is 22. The van der Waals surface area contributed by atoms with Crippen molar-refractivity contribution in [3.8, 4) is 11.5 Å². The Morgan fingerprint density at radius 3 is 1.81 bits per heavy atom. The van der Waals surface area contributed by atoms with Crippen LogP contribution in [-0.4, -0.2) is 73.2 Å². The number of carboxylic acid groups (broad SMARTS) is 1. The highest BCUT2D eigenvalue weighted by Crippen LogP contribution is 2.45. The van der Waals surface area contributed by atoms with Gasteiger partial charge in [-0.1, -0.05) is 114 Å². The highest BCUT2D eigenvalue weighted by molar-refractivity contribution is 6.83. The summed E-state index contributed by atoms with van der Waals surface area (Å²) in [5, 5.41) is 9.77. The summed E-state index contributed by atoms with van der Waals surface area (Å²) in [4.78, 5) is 32.1. The van der Waals surface area contributed by atoms with Gasteiger partial charge in [-0.2, -0.15) is 0 Å². The highest BCUT2D eigenvalue weighted by Gasteiger charge is 2.51. The van der Waals surface area contributed by atoms with E-state index in [2.05, 4.69) is 158 Å². The maximum atomic E-state index is 16.0. The smallest absolute Gasteiger partial charge is 0.305 e. The molecule has 1 aromatic rings. The normalized spacial score (nSPS) is 16.9. The summed E-state index contributed by atoms with van der Waals surface area (Å²) >= 11 is 0. The van der Waals surface area contributed by atoms with E-state index in [9.17, 15) is 9.90 Å². The summed E-state index contributed by atoms with van der Waals surface area (Å²) < 4.78 is 42.2. The Bertz CT molecular complexity index is 1760. The number of aliphatic carboxylic acids is 1. The summed E-state index contributed by atoms with van der Waals surface area (Å²) in [5.74, 6) is 1.91. The topological polar surface area (TPSA) is 108 Å². The average Bonchev–Trinajstić information content (AvgIpc) is 3.48. The number of hydrogen-bond donors (Lipinski definition) is 1. The number of Topliss-reactive ketones (excluding diaryl/α,β-unsaturated/α-hetero) is 1. The Balaban J connectivity index is 3.70. The maximum Gasteiger partial charge on any atom is 0.305 e. The van der Waals surface area contributed by atoms with Gasteiger partial charge in [0.05, 0.1) is 24.5 Å². The van der Waals surface area contributed by atoms with Crippen molar-refractivity contribution in [2.24, 2.45) is 17.3 Å². The first-order valence-electron chi connectivity index (χ1n) is 22.9. The maximum absolute atomic E-state index is 16.0. The molecule has 1 N–H and O–H groups in total. The minimum absolute atomic E-state index is 0.0180. The van der Waals surface area contributed by atoms with Gasteiger partial charge in [-0.15, -0.1) is 11.5 Å². The molecule has 13 heteroatoms. The molecule has 0 bridgehead atoms. The third-order valence-electron chi connectivity index (χ3n) is 13.7. The lowest BCUT2D eigenvalue weighted by Crippen LogP contribution is -2.55. The molecule has 0 saturated carbocycles. The summed E-state index contributed by atoms with van der Waals surface area (Å²) in [7, 11) is -9.02. The van der Waals surface area contributed by atoms with Crippen LogP contribution in [0.15, 0.2) is 28.2 Å². The van der Waals surface area contributed by atoms with Crippen LogP contribution < -0.4 is 0 Å². The summed E-state index contributed by atoms with van der Waals surface area (Å²) in [6, 6.07) is 0. The number of hydrogen-bond acceptors (Lipinski definition) is 7. The van der Waals surface area contributed by atoms with Crippen LogP contribution in [0.3, 0.4) is 0 Å². The van der Waals surface area contributed by atoms with Crippen molar-refractivity contribution in [3.63, 3.8) is 0 Å². The third kappa shape index (κ3) is 17.8. The molecule has 0 aliphatic rings. The minimum Gasteiger partial charge on any atom is -0.481 e. The molecule has 0 amide bonds. The van der Waals surface area contributed by atoms with Crippen molar-refractivity contribution in [2.75, 3.05) is 0 Å². The van der Waals surface area contributed by atoms with Crippen LogP contribution in [0.1, 0.15) is 140 Å². The molecular weight excluding hydrogens is 846 g/mol. The molecule has 8 nitrogen and oxygen atoms in total. The van der Waals surface area contributed by atoms with Gasteiger partial charge in [0, 0.05) is 24.8 Å². The number of halogens is 1. The molecule has 0 radical (unpaired) electrons. The van der Waals surface area contributed by atoms with Crippen molar-refractivity contribution in [1.82, 2.24) is 4.98 Å². The van der Waals surface area contributed by atoms with Gasteiger partial charge in [0.25, 0.3) is 0 Å². The van der Waals surface area contributed by atoms with Gasteiger partial charge in [0.1, 0.15) is 37.7 Å². The molecule has 0 aliphatic heterocycles. The predicted octanol–water partition coefficient (Wildman–Crippen LogP) is 14.6. The summed E-state index contributed by atoms with van der Waals surface area (Å²) in [6.07, 6.45) is 5.83. The predicted molar refractivity (Wildman–Crippen MR) is 268 cm³/mol. The molecule has 5 atom stereocenters. The lowest BCUT2D eigenvalue weighted by atomic mass is 9.71. The molecule has 62 heavy (non-hydrogen) atoms. The van der Waals surface area contributed by atoms with Gasteiger partial charge in [-0.05, 0) is 92.9 Å². The second-order valence-corrected chi connectivity index (χ2v) is 43.1.